The lowest BCUT2D eigenvalue weighted by atomic mass is 9.76. The van der Waals surface area contributed by atoms with Crippen LogP contribution >= 0.6 is 0 Å². The molecule has 2 aliphatic rings. The molecule has 0 radical (unpaired) electrons. The molecule has 0 bridgehead atoms. The number of fused-ring (bicyclic) bond motifs is 1. The lowest BCUT2D eigenvalue weighted by Gasteiger charge is -2.32. The molecular weight excluding hydrogens is 431 g/mol. The van der Waals surface area contributed by atoms with Crippen LogP contribution in [-0.2, 0) is 4.74 Å². The molecule has 0 spiro atoms. The summed E-state index contributed by atoms with van der Waals surface area (Å²) in [7, 11) is 0. The van der Waals surface area contributed by atoms with Crippen molar-refractivity contribution in [1.82, 2.24) is 9.97 Å². The molecule has 6 nitrogen and oxygen atoms in total. The van der Waals surface area contributed by atoms with E-state index in [2.05, 4.69) is 22.2 Å². The Labute approximate surface area is 199 Å². The van der Waals surface area contributed by atoms with Crippen LogP contribution < -0.4 is 11.1 Å². The molecule has 3 heterocycles. The summed E-state index contributed by atoms with van der Waals surface area (Å²) in [5.74, 6) is 0.395. The first kappa shape index (κ1) is 22.9. The van der Waals surface area contributed by atoms with Crippen LogP contribution in [-0.4, -0.2) is 35.1 Å². The minimum absolute atomic E-state index is 0.153. The summed E-state index contributed by atoms with van der Waals surface area (Å²) in [4.78, 5) is 22.1. The second-order valence-corrected chi connectivity index (χ2v) is 9.83. The molecule has 2 aromatic heterocycles. The SMILES string of the molecule is C[C@@H]1CC(N)C[C@H](c2ccncc2NC(=O)c2ccc(F)c3cc(C4CCOCC4)cnc23)C1. The number of hydrogen-bond acceptors (Lipinski definition) is 5. The maximum atomic E-state index is 14.8. The first-order chi connectivity index (χ1) is 16.5. The van der Waals surface area contributed by atoms with Gasteiger partial charge in [-0.25, -0.2) is 4.39 Å². The Morgan fingerprint density at radius 1 is 1.12 bits per heavy atom. The van der Waals surface area contributed by atoms with Gasteiger partial charge in [0.1, 0.15) is 5.82 Å². The average Bonchev–Trinajstić information content (AvgIpc) is 2.84. The van der Waals surface area contributed by atoms with Crippen molar-refractivity contribution in [3.8, 4) is 0 Å². The topological polar surface area (TPSA) is 90.1 Å². The van der Waals surface area contributed by atoms with E-state index in [1.54, 1.807) is 18.6 Å². The summed E-state index contributed by atoms with van der Waals surface area (Å²) >= 11 is 0. The number of amides is 1. The van der Waals surface area contributed by atoms with Crippen LogP contribution in [0.2, 0.25) is 0 Å². The quantitative estimate of drug-likeness (QED) is 0.560. The Hall–Kier alpha value is -2.90. The molecule has 1 saturated carbocycles. The Balaban J connectivity index is 1.44. The molecule has 178 valence electrons. The molecule has 34 heavy (non-hydrogen) atoms. The van der Waals surface area contributed by atoms with Crippen LogP contribution in [0.5, 0.6) is 0 Å². The predicted molar refractivity (Wildman–Crippen MR) is 130 cm³/mol. The summed E-state index contributed by atoms with van der Waals surface area (Å²) in [6.45, 7) is 3.62. The van der Waals surface area contributed by atoms with Gasteiger partial charge in [0.05, 0.1) is 23.0 Å². The fourth-order valence-corrected chi connectivity index (χ4v) is 5.61. The van der Waals surface area contributed by atoms with E-state index in [1.807, 2.05) is 12.1 Å². The molecule has 1 aromatic carbocycles. The number of carbonyl (C=O) groups excluding carboxylic acids is 1. The van der Waals surface area contributed by atoms with Crippen molar-refractivity contribution in [1.29, 1.82) is 0 Å². The van der Waals surface area contributed by atoms with E-state index < -0.39 is 0 Å². The zero-order valence-electron chi connectivity index (χ0n) is 19.5. The number of nitrogens with two attached hydrogens (primary N) is 1. The molecule has 3 aromatic rings. The molecule has 2 fully saturated rings. The second kappa shape index (κ2) is 9.76. The minimum Gasteiger partial charge on any atom is -0.381 e. The number of rotatable bonds is 4. The molecule has 5 rings (SSSR count). The minimum atomic E-state index is -0.375. The fraction of sp³-hybridized carbons (Fsp3) is 0.444. The van der Waals surface area contributed by atoms with E-state index in [4.69, 9.17) is 10.5 Å². The van der Waals surface area contributed by atoms with Crippen LogP contribution in [0.1, 0.15) is 72.3 Å². The zero-order valence-corrected chi connectivity index (χ0v) is 19.5. The molecule has 1 aliphatic heterocycles. The highest BCUT2D eigenvalue weighted by Crippen LogP contribution is 2.38. The monoisotopic (exact) mass is 462 g/mol. The summed E-state index contributed by atoms with van der Waals surface area (Å²) < 4.78 is 20.2. The van der Waals surface area contributed by atoms with Crippen LogP contribution in [0.25, 0.3) is 10.9 Å². The number of halogens is 1. The van der Waals surface area contributed by atoms with Crippen LogP contribution in [0, 0.1) is 11.7 Å². The fourth-order valence-electron chi connectivity index (χ4n) is 5.61. The first-order valence-corrected chi connectivity index (χ1v) is 12.2. The number of hydrogen-bond donors (Lipinski definition) is 2. The summed E-state index contributed by atoms with van der Waals surface area (Å²) in [5, 5.41) is 3.39. The molecule has 7 heteroatoms. The Bertz CT molecular complexity index is 1180. The highest BCUT2D eigenvalue weighted by Gasteiger charge is 2.28. The number of pyridine rings is 2. The van der Waals surface area contributed by atoms with E-state index in [9.17, 15) is 9.18 Å². The number of nitrogens with one attached hydrogen (secondary N) is 1. The normalized spacial score (nSPS) is 23.7. The molecule has 3 N–H and O–H groups in total. The molecule has 1 saturated heterocycles. The standard InChI is InChI=1S/C27H31FN4O2/c1-16-10-18(12-20(29)11-16)21-4-7-30-15-25(21)32-27(33)22-2-3-24(28)23-13-19(14-31-26(22)23)17-5-8-34-9-6-17/h2-4,7,13-18,20H,5-6,8-12,29H2,1H3,(H,32,33)/t16-,18+,20?/m0/s1. The largest absolute Gasteiger partial charge is 0.381 e. The van der Waals surface area contributed by atoms with Gasteiger partial charge in [0.15, 0.2) is 0 Å². The molecule has 1 unspecified atom stereocenters. The smallest absolute Gasteiger partial charge is 0.257 e. The van der Waals surface area contributed by atoms with Gasteiger partial charge in [-0.3, -0.25) is 14.8 Å². The van der Waals surface area contributed by atoms with Gasteiger partial charge in [-0.2, -0.15) is 0 Å². The van der Waals surface area contributed by atoms with Crippen molar-refractivity contribution in [2.75, 3.05) is 18.5 Å². The van der Waals surface area contributed by atoms with E-state index in [1.165, 1.54) is 12.1 Å². The van der Waals surface area contributed by atoms with Gasteiger partial charge >= 0.3 is 0 Å². The number of carbonyl (C=O) groups is 1. The summed E-state index contributed by atoms with van der Waals surface area (Å²) in [6.07, 6.45) is 9.92. The van der Waals surface area contributed by atoms with E-state index in [0.717, 1.165) is 43.2 Å². The van der Waals surface area contributed by atoms with Crippen LogP contribution in [0.15, 0.2) is 42.9 Å². The van der Waals surface area contributed by atoms with Crippen LogP contribution in [0.3, 0.4) is 0 Å². The Kier molecular flexibility index (Phi) is 6.57. The zero-order chi connectivity index (χ0) is 23.7. The third-order valence-electron chi connectivity index (χ3n) is 7.28. The van der Waals surface area contributed by atoms with Gasteiger partial charge in [0.2, 0.25) is 0 Å². The summed E-state index contributed by atoms with van der Waals surface area (Å²) in [6, 6.07) is 6.80. The van der Waals surface area contributed by atoms with Gasteiger partial charge in [0.25, 0.3) is 5.91 Å². The highest BCUT2D eigenvalue weighted by molar-refractivity contribution is 6.12. The van der Waals surface area contributed by atoms with Crippen molar-refractivity contribution < 1.29 is 13.9 Å². The third kappa shape index (κ3) is 4.68. The van der Waals surface area contributed by atoms with Crippen molar-refractivity contribution in [3.05, 3.63) is 65.4 Å². The number of nitrogens with zero attached hydrogens (tertiary/aromatic N) is 2. The first-order valence-electron chi connectivity index (χ1n) is 12.2. The van der Waals surface area contributed by atoms with Crippen LogP contribution in [0.4, 0.5) is 10.1 Å². The second-order valence-electron chi connectivity index (χ2n) is 9.83. The highest BCUT2D eigenvalue weighted by atomic mass is 19.1. The lowest BCUT2D eigenvalue weighted by Crippen LogP contribution is -2.31. The van der Waals surface area contributed by atoms with Gasteiger partial charge in [-0.1, -0.05) is 6.92 Å². The predicted octanol–water partition coefficient (Wildman–Crippen LogP) is 5.15. The molecule has 3 atom stereocenters. The van der Waals surface area contributed by atoms with Gasteiger partial charge in [-0.15, -0.1) is 0 Å². The molecular formula is C27H31FN4O2. The van der Waals surface area contributed by atoms with E-state index in [0.29, 0.717) is 47.2 Å². The maximum Gasteiger partial charge on any atom is 0.257 e. The van der Waals surface area contributed by atoms with Crippen molar-refractivity contribution in [3.63, 3.8) is 0 Å². The van der Waals surface area contributed by atoms with E-state index >= 15 is 0 Å². The van der Waals surface area contributed by atoms with E-state index in [-0.39, 0.29) is 23.7 Å². The number of ether oxygens (including phenoxy) is 1. The third-order valence-corrected chi connectivity index (χ3v) is 7.28. The maximum absolute atomic E-state index is 14.8. The van der Waals surface area contributed by atoms with Crippen molar-refractivity contribution >= 4 is 22.5 Å². The lowest BCUT2D eigenvalue weighted by molar-refractivity contribution is 0.0853. The van der Waals surface area contributed by atoms with Gasteiger partial charge < -0.3 is 15.8 Å². The summed E-state index contributed by atoms with van der Waals surface area (Å²) in [5.41, 5.74) is 9.71. The molecule has 1 aliphatic carbocycles. The average molecular weight is 463 g/mol. The van der Waals surface area contributed by atoms with Gasteiger partial charge in [0, 0.05) is 37.0 Å². The van der Waals surface area contributed by atoms with Crippen molar-refractivity contribution in [2.24, 2.45) is 11.7 Å². The van der Waals surface area contributed by atoms with Gasteiger partial charge in [-0.05, 0) is 85.3 Å². The van der Waals surface area contributed by atoms with Crippen molar-refractivity contribution in [2.45, 2.75) is 56.9 Å². The number of aromatic nitrogens is 2. The molecule has 1 amide bonds. The number of anilines is 1. The Morgan fingerprint density at radius 2 is 1.94 bits per heavy atom. The Morgan fingerprint density at radius 3 is 2.74 bits per heavy atom. The number of benzene rings is 1.